The van der Waals surface area contributed by atoms with Gasteiger partial charge in [-0.3, -0.25) is 14.7 Å². The fraction of sp³-hybridized carbons (Fsp3) is 0.300. The smallest absolute Gasteiger partial charge is 0.251 e. The molecule has 0 radical (unpaired) electrons. The molecule has 0 saturated heterocycles. The summed E-state index contributed by atoms with van der Waals surface area (Å²) in [5.41, 5.74) is 8.14. The molecule has 4 N–H and O–H groups in total. The number of fused-ring (bicyclic) bond motifs is 1. The van der Waals surface area contributed by atoms with E-state index in [4.69, 9.17) is 10.5 Å². The van der Waals surface area contributed by atoms with Crippen LogP contribution in [0.5, 0.6) is 5.75 Å². The number of anilines is 1. The van der Waals surface area contributed by atoms with Crippen molar-refractivity contribution in [3.63, 3.8) is 0 Å². The number of benzene rings is 1. The van der Waals surface area contributed by atoms with Gasteiger partial charge in [-0.05, 0) is 43.9 Å². The summed E-state index contributed by atoms with van der Waals surface area (Å²) in [6, 6.07) is 7.74. The van der Waals surface area contributed by atoms with Crippen LogP contribution in [0, 0.1) is 6.92 Å². The zero-order valence-corrected chi connectivity index (χ0v) is 18.0. The van der Waals surface area contributed by atoms with Crippen LogP contribution in [-0.4, -0.2) is 32.7 Å². The van der Waals surface area contributed by atoms with Crippen molar-refractivity contribution in [3.05, 3.63) is 51.7 Å². The Morgan fingerprint density at radius 1 is 1.30 bits per heavy atom. The lowest BCUT2D eigenvalue weighted by atomic mass is 10.1. The molecule has 0 fully saturated rings. The SMILES string of the molecule is Cc1ccc(OCc2nc(SCC(=O)Nc3sc4c(c3C(N)=O)CCC4)n[nH]2)cc1. The monoisotopic (exact) mass is 443 g/mol. The Balaban J connectivity index is 1.30. The second kappa shape index (κ2) is 8.88. The lowest BCUT2D eigenvalue weighted by Crippen LogP contribution is -2.18. The second-order valence-electron chi connectivity index (χ2n) is 6.93. The Morgan fingerprint density at radius 2 is 2.10 bits per heavy atom. The summed E-state index contributed by atoms with van der Waals surface area (Å²) in [6.07, 6.45) is 2.78. The maximum absolute atomic E-state index is 12.4. The number of aromatic nitrogens is 3. The van der Waals surface area contributed by atoms with Gasteiger partial charge in [-0.1, -0.05) is 29.5 Å². The fourth-order valence-corrected chi connectivity index (χ4v) is 5.17. The summed E-state index contributed by atoms with van der Waals surface area (Å²) in [5.74, 6) is 0.716. The van der Waals surface area contributed by atoms with Gasteiger partial charge in [0, 0.05) is 4.88 Å². The lowest BCUT2D eigenvalue weighted by Gasteiger charge is -2.05. The highest BCUT2D eigenvalue weighted by Crippen LogP contribution is 2.38. The molecule has 2 aromatic heterocycles. The van der Waals surface area contributed by atoms with Gasteiger partial charge in [0.25, 0.3) is 5.91 Å². The third-order valence-electron chi connectivity index (χ3n) is 4.66. The highest BCUT2D eigenvalue weighted by molar-refractivity contribution is 7.99. The molecule has 1 aliphatic rings. The third kappa shape index (κ3) is 4.65. The van der Waals surface area contributed by atoms with Gasteiger partial charge >= 0.3 is 0 Å². The molecule has 2 heterocycles. The summed E-state index contributed by atoms with van der Waals surface area (Å²) in [4.78, 5) is 29.7. The number of thiophene rings is 1. The number of aryl methyl sites for hydroxylation is 2. The first-order valence-electron chi connectivity index (χ1n) is 9.47. The van der Waals surface area contributed by atoms with Crippen molar-refractivity contribution >= 4 is 39.9 Å². The van der Waals surface area contributed by atoms with E-state index < -0.39 is 5.91 Å². The molecule has 0 unspecified atom stereocenters. The third-order valence-corrected chi connectivity index (χ3v) is 6.72. The minimum atomic E-state index is -0.496. The number of amides is 2. The van der Waals surface area contributed by atoms with Crippen molar-refractivity contribution < 1.29 is 14.3 Å². The van der Waals surface area contributed by atoms with E-state index in [-0.39, 0.29) is 18.3 Å². The van der Waals surface area contributed by atoms with Crippen LogP contribution in [0.15, 0.2) is 29.4 Å². The second-order valence-corrected chi connectivity index (χ2v) is 8.98. The zero-order chi connectivity index (χ0) is 21.1. The number of nitrogens with zero attached hydrogens (tertiary/aromatic N) is 2. The standard InChI is InChI=1S/C20H21N5O3S2/c1-11-5-7-12(8-6-11)28-9-15-22-20(25-24-15)29-10-16(26)23-19-17(18(21)27)13-3-2-4-14(13)30-19/h5-8H,2-4,9-10H2,1H3,(H2,21,27)(H,23,26)(H,22,24,25). The fourth-order valence-electron chi connectivity index (χ4n) is 3.24. The molecule has 3 aromatic rings. The van der Waals surface area contributed by atoms with Crippen molar-refractivity contribution in [3.8, 4) is 5.75 Å². The number of nitrogens with one attached hydrogen (secondary N) is 2. The molecule has 8 nitrogen and oxygen atoms in total. The first-order valence-corrected chi connectivity index (χ1v) is 11.3. The van der Waals surface area contributed by atoms with Crippen LogP contribution >= 0.6 is 23.1 Å². The lowest BCUT2D eigenvalue weighted by molar-refractivity contribution is -0.113. The number of carbonyl (C=O) groups excluding carboxylic acids is 2. The summed E-state index contributed by atoms with van der Waals surface area (Å²) in [6.45, 7) is 2.27. The van der Waals surface area contributed by atoms with Crippen LogP contribution in [0.2, 0.25) is 0 Å². The first kappa shape index (κ1) is 20.4. The Hall–Kier alpha value is -2.85. The van der Waals surface area contributed by atoms with Gasteiger partial charge in [0.05, 0.1) is 11.3 Å². The highest BCUT2D eigenvalue weighted by atomic mass is 32.2. The highest BCUT2D eigenvalue weighted by Gasteiger charge is 2.26. The Morgan fingerprint density at radius 3 is 2.87 bits per heavy atom. The number of primary amides is 1. The van der Waals surface area contributed by atoms with Gasteiger partial charge < -0.3 is 15.8 Å². The van der Waals surface area contributed by atoms with Crippen molar-refractivity contribution in [1.82, 2.24) is 15.2 Å². The number of hydrogen-bond donors (Lipinski definition) is 3. The molecule has 0 spiro atoms. The van der Waals surface area contributed by atoms with Crippen molar-refractivity contribution in [2.24, 2.45) is 5.73 Å². The molecule has 4 rings (SSSR count). The van der Waals surface area contributed by atoms with Gasteiger partial charge in [0.15, 0.2) is 5.82 Å². The van der Waals surface area contributed by atoms with Crippen LogP contribution < -0.4 is 15.8 Å². The summed E-state index contributed by atoms with van der Waals surface area (Å²) >= 11 is 2.65. The maximum atomic E-state index is 12.4. The van der Waals surface area contributed by atoms with E-state index in [2.05, 4.69) is 20.5 Å². The van der Waals surface area contributed by atoms with E-state index in [9.17, 15) is 9.59 Å². The molecule has 0 atom stereocenters. The van der Waals surface area contributed by atoms with Gasteiger partial charge in [-0.2, -0.15) is 0 Å². The number of aromatic amines is 1. The van der Waals surface area contributed by atoms with E-state index in [0.717, 1.165) is 41.0 Å². The number of H-pyrrole nitrogens is 1. The Labute approximate surface area is 181 Å². The average molecular weight is 444 g/mol. The van der Waals surface area contributed by atoms with Gasteiger partial charge in [-0.25, -0.2) is 4.98 Å². The predicted octanol–water partition coefficient (Wildman–Crippen LogP) is 3.07. The number of nitrogens with two attached hydrogens (primary N) is 1. The Kier molecular flexibility index (Phi) is 6.05. The van der Waals surface area contributed by atoms with E-state index in [0.29, 0.717) is 21.5 Å². The van der Waals surface area contributed by atoms with Crippen molar-refractivity contribution in [1.29, 1.82) is 0 Å². The van der Waals surface area contributed by atoms with Crippen LogP contribution in [0.25, 0.3) is 0 Å². The van der Waals surface area contributed by atoms with Crippen molar-refractivity contribution in [2.75, 3.05) is 11.1 Å². The number of thioether (sulfide) groups is 1. The normalized spacial score (nSPS) is 12.6. The molecule has 0 saturated carbocycles. The van der Waals surface area contributed by atoms with Crippen molar-refractivity contribution in [2.45, 2.75) is 37.9 Å². The molecule has 1 aliphatic carbocycles. The molecule has 0 bridgehead atoms. The summed E-state index contributed by atoms with van der Waals surface area (Å²) in [7, 11) is 0. The van der Waals surface area contributed by atoms with Crippen LogP contribution in [-0.2, 0) is 24.2 Å². The summed E-state index contributed by atoms with van der Waals surface area (Å²) in [5, 5.41) is 10.7. The minimum Gasteiger partial charge on any atom is -0.486 e. The quantitative estimate of drug-likeness (QED) is 0.460. The number of rotatable bonds is 8. The first-order chi connectivity index (χ1) is 14.5. The van der Waals surface area contributed by atoms with Crippen LogP contribution in [0.3, 0.4) is 0 Å². The van der Waals surface area contributed by atoms with E-state index in [1.54, 1.807) is 0 Å². The van der Waals surface area contributed by atoms with Crippen LogP contribution in [0.1, 0.15) is 38.6 Å². The van der Waals surface area contributed by atoms with E-state index >= 15 is 0 Å². The van der Waals surface area contributed by atoms with E-state index in [1.807, 2.05) is 31.2 Å². The van der Waals surface area contributed by atoms with Gasteiger partial charge in [0.2, 0.25) is 11.1 Å². The number of hydrogen-bond acceptors (Lipinski definition) is 7. The van der Waals surface area contributed by atoms with Gasteiger partial charge in [-0.15, -0.1) is 16.4 Å². The Bertz CT molecular complexity index is 1070. The molecule has 0 aliphatic heterocycles. The largest absolute Gasteiger partial charge is 0.486 e. The maximum Gasteiger partial charge on any atom is 0.251 e. The molecule has 156 valence electrons. The molecule has 1 aromatic carbocycles. The summed E-state index contributed by atoms with van der Waals surface area (Å²) < 4.78 is 5.67. The predicted molar refractivity (Wildman–Crippen MR) is 116 cm³/mol. The molecular formula is C20H21N5O3S2. The molecular weight excluding hydrogens is 422 g/mol. The topological polar surface area (TPSA) is 123 Å². The molecule has 30 heavy (non-hydrogen) atoms. The molecule has 2 amide bonds. The minimum absolute atomic E-state index is 0.122. The number of ether oxygens (including phenoxy) is 1. The average Bonchev–Trinajstić information content (AvgIpc) is 3.41. The van der Waals surface area contributed by atoms with Gasteiger partial charge in [0.1, 0.15) is 17.4 Å². The molecule has 10 heteroatoms. The van der Waals surface area contributed by atoms with E-state index in [1.165, 1.54) is 23.1 Å². The van der Waals surface area contributed by atoms with Crippen LogP contribution in [0.4, 0.5) is 5.00 Å². The number of carbonyl (C=O) groups is 2. The zero-order valence-electron chi connectivity index (χ0n) is 16.4.